The van der Waals surface area contributed by atoms with Crippen LogP contribution in [0.3, 0.4) is 0 Å². The molecule has 2 unspecified atom stereocenters. The number of nitrogens with one attached hydrogen (secondary N) is 1. The Morgan fingerprint density at radius 3 is 2.25 bits per heavy atom. The molecule has 0 aliphatic heterocycles. The van der Waals surface area contributed by atoms with E-state index < -0.39 is 5.97 Å². The predicted octanol–water partition coefficient (Wildman–Crippen LogP) is 1.77. The lowest BCUT2D eigenvalue weighted by atomic mass is 9.89. The number of carbonyl (C=O) groups excluding carboxylic acids is 1. The largest absolute Gasteiger partial charge is 0.477 e. The summed E-state index contributed by atoms with van der Waals surface area (Å²) in [6.07, 6.45) is 2.25. The van der Waals surface area contributed by atoms with Crippen molar-refractivity contribution in [3.05, 3.63) is 11.8 Å². The third-order valence-corrected chi connectivity index (χ3v) is 3.02. The van der Waals surface area contributed by atoms with Crippen molar-refractivity contribution in [2.24, 2.45) is 17.3 Å². The Hall–Kier alpha value is -1.32. The highest BCUT2D eigenvalue weighted by Gasteiger charge is 2.49. The Bertz CT molecular complexity index is 339. The molecule has 0 aromatic rings. The van der Waals surface area contributed by atoms with E-state index in [1.54, 1.807) is 6.92 Å². The number of hydrogen-bond donors (Lipinski definition) is 2. The van der Waals surface area contributed by atoms with E-state index in [0.29, 0.717) is 5.92 Å². The van der Waals surface area contributed by atoms with E-state index >= 15 is 0 Å². The third kappa shape index (κ3) is 2.84. The minimum Gasteiger partial charge on any atom is -0.477 e. The van der Waals surface area contributed by atoms with Crippen molar-refractivity contribution < 1.29 is 14.7 Å². The van der Waals surface area contributed by atoms with Gasteiger partial charge in [-0.05, 0) is 24.7 Å². The van der Waals surface area contributed by atoms with Crippen molar-refractivity contribution in [1.29, 1.82) is 0 Å². The van der Waals surface area contributed by atoms with Crippen LogP contribution in [0.15, 0.2) is 11.8 Å². The molecule has 0 heterocycles. The highest BCUT2D eigenvalue weighted by atomic mass is 16.4. The average molecular weight is 225 g/mol. The molecule has 0 radical (unpaired) electrons. The van der Waals surface area contributed by atoms with Gasteiger partial charge in [0.05, 0.1) is 0 Å². The number of carbonyl (C=O) groups is 2. The summed E-state index contributed by atoms with van der Waals surface area (Å²) in [5, 5.41) is 11.2. The van der Waals surface area contributed by atoms with Crippen molar-refractivity contribution >= 4 is 11.9 Å². The molecule has 16 heavy (non-hydrogen) atoms. The maximum atomic E-state index is 11.7. The standard InChI is InChI=1S/C12H19NO3/c1-5-9(11(15)16)13-10(14)7-6-8(7)12(2,3)4/h5,7-8H,6H2,1-4H3,(H,13,14)(H,15,16)/b9-5+. The van der Waals surface area contributed by atoms with Crippen molar-refractivity contribution in [3.63, 3.8) is 0 Å². The first-order valence-electron chi connectivity index (χ1n) is 5.48. The van der Waals surface area contributed by atoms with Gasteiger partial charge < -0.3 is 10.4 Å². The lowest BCUT2D eigenvalue weighted by Gasteiger charge is -2.17. The number of aliphatic carboxylic acids is 1. The van der Waals surface area contributed by atoms with Gasteiger partial charge >= 0.3 is 5.97 Å². The molecular formula is C12H19NO3. The molecule has 1 fully saturated rings. The molecule has 4 heteroatoms. The highest BCUT2D eigenvalue weighted by Crippen LogP contribution is 2.50. The van der Waals surface area contributed by atoms with Crippen LogP contribution < -0.4 is 5.32 Å². The summed E-state index contributed by atoms with van der Waals surface area (Å²) in [7, 11) is 0. The molecule has 1 rings (SSSR count). The van der Waals surface area contributed by atoms with Crippen molar-refractivity contribution in [2.75, 3.05) is 0 Å². The summed E-state index contributed by atoms with van der Waals surface area (Å²) in [5.41, 5.74) is 0.0750. The van der Waals surface area contributed by atoms with Gasteiger partial charge in [-0.25, -0.2) is 4.79 Å². The maximum Gasteiger partial charge on any atom is 0.352 e. The second kappa shape index (κ2) is 4.28. The Morgan fingerprint density at radius 1 is 1.38 bits per heavy atom. The maximum absolute atomic E-state index is 11.7. The molecule has 90 valence electrons. The third-order valence-electron chi connectivity index (χ3n) is 3.02. The summed E-state index contributed by atoms with van der Waals surface area (Å²) < 4.78 is 0. The van der Waals surface area contributed by atoms with Crippen molar-refractivity contribution in [2.45, 2.75) is 34.1 Å². The second-order valence-corrected chi connectivity index (χ2v) is 5.31. The smallest absolute Gasteiger partial charge is 0.352 e. The van der Waals surface area contributed by atoms with Crippen LogP contribution in [0.25, 0.3) is 0 Å². The monoisotopic (exact) mass is 225 g/mol. The molecule has 0 aromatic heterocycles. The molecule has 0 spiro atoms. The van der Waals surface area contributed by atoms with Crippen LogP contribution in [0.1, 0.15) is 34.1 Å². The molecule has 1 amide bonds. The minimum atomic E-state index is -1.09. The predicted molar refractivity (Wildman–Crippen MR) is 60.6 cm³/mol. The lowest BCUT2D eigenvalue weighted by Crippen LogP contribution is -2.30. The van der Waals surface area contributed by atoms with E-state index in [9.17, 15) is 9.59 Å². The Morgan fingerprint density at radius 2 is 1.94 bits per heavy atom. The molecule has 0 bridgehead atoms. The van der Waals surface area contributed by atoms with Crippen LogP contribution in [-0.2, 0) is 9.59 Å². The van der Waals surface area contributed by atoms with Gasteiger partial charge in [0.2, 0.25) is 5.91 Å². The van der Waals surface area contributed by atoms with Crippen LogP contribution in [0, 0.1) is 17.3 Å². The van der Waals surface area contributed by atoms with Crippen LogP contribution >= 0.6 is 0 Å². The average Bonchev–Trinajstić information content (AvgIpc) is 2.91. The zero-order valence-electron chi connectivity index (χ0n) is 10.2. The Labute approximate surface area is 95.7 Å². The SMILES string of the molecule is C/C=C(/NC(=O)C1CC1C(C)(C)C)C(=O)O. The summed E-state index contributed by atoms with van der Waals surface area (Å²) in [6, 6.07) is 0. The first-order valence-corrected chi connectivity index (χ1v) is 5.48. The van der Waals surface area contributed by atoms with Crippen molar-refractivity contribution in [1.82, 2.24) is 5.32 Å². The molecule has 2 atom stereocenters. The molecule has 4 nitrogen and oxygen atoms in total. The topological polar surface area (TPSA) is 66.4 Å². The zero-order valence-corrected chi connectivity index (χ0v) is 10.2. The highest BCUT2D eigenvalue weighted by molar-refractivity contribution is 5.94. The van der Waals surface area contributed by atoms with Gasteiger partial charge in [0.25, 0.3) is 0 Å². The molecule has 0 saturated heterocycles. The van der Waals surface area contributed by atoms with Gasteiger partial charge in [0, 0.05) is 5.92 Å². The van der Waals surface area contributed by atoms with E-state index in [2.05, 4.69) is 26.1 Å². The second-order valence-electron chi connectivity index (χ2n) is 5.31. The molecule has 1 aliphatic rings. The van der Waals surface area contributed by atoms with Gasteiger partial charge in [-0.2, -0.15) is 0 Å². The molecular weight excluding hydrogens is 206 g/mol. The summed E-state index contributed by atoms with van der Waals surface area (Å²) in [5.74, 6) is -0.937. The van der Waals surface area contributed by atoms with E-state index in [1.165, 1.54) is 6.08 Å². The minimum absolute atomic E-state index is 0.0331. The fourth-order valence-electron chi connectivity index (χ4n) is 1.92. The quantitative estimate of drug-likeness (QED) is 0.719. The van der Waals surface area contributed by atoms with Gasteiger partial charge in [-0.1, -0.05) is 26.8 Å². The number of carboxylic acid groups (broad SMARTS) is 1. The van der Waals surface area contributed by atoms with Crippen molar-refractivity contribution in [3.8, 4) is 0 Å². The first-order chi connectivity index (χ1) is 7.27. The fraction of sp³-hybridized carbons (Fsp3) is 0.667. The molecule has 2 N–H and O–H groups in total. The fourth-order valence-corrected chi connectivity index (χ4v) is 1.92. The van der Waals surface area contributed by atoms with Gasteiger partial charge in [0.15, 0.2) is 0 Å². The number of rotatable bonds is 3. The van der Waals surface area contributed by atoms with Crippen LogP contribution in [0.5, 0.6) is 0 Å². The molecule has 1 saturated carbocycles. The zero-order chi connectivity index (χ0) is 12.5. The number of hydrogen-bond acceptors (Lipinski definition) is 2. The lowest BCUT2D eigenvalue weighted by molar-refractivity contribution is -0.135. The molecule has 0 aromatic carbocycles. The van der Waals surface area contributed by atoms with E-state index in [0.717, 1.165) is 6.42 Å². The van der Waals surface area contributed by atoms with Gasteiger partial charge in [0.1, 0.15) is 5.70 Å². The van der Waals surface area contributed by atoms with E-state index in [-0.39, 0.29) is 22.9 Å². The number of allylic oxidation sites excluding steroid dienone is 1. The van der Waals surface area contributed by atoms with Crippen LogP contribution in [-0.4, -0.2) is 17.0 Å². The Balaban J connectivity index is 2.54. The summed E-state index contributed by atoms with van der Waals surface area (Å²) >= 11 is 0. The van der Waals surface area contributed by atoms with E-state index in [4.69, 9.17) is 5.11 Å². The van der Waals surface area contributed by atoms with Crippen LogP contribution in [0.2, 0.25) is 0 Å². The summed E-state index contributed by atoms with van der Waals surface area (Å²) in [6.45, 7) is 7.88. The first kappa shape index (κ1) is 12.7. The molecule has 1 aliphatic carbocycles. The summed E-state index contributed by atoms with van der Waals surface area (Å²) in [4.78, 5) is 22.4. The van der Waals surface area contributed by atoms with Gasteiger partial charge in [-0.15, -0.1) is 0 Å². The Kier molecular flexibility index (Phi) is 3.41. The van der Waals surface area contributed by atoms with Gasteiger partial charge in [-0.3, -0.25) is 4.79 Å². The van der Waals surface area contributed by atoms with E-state index in [1.807, 2.05) is 0 Å². The number of carboxylic acids is 1. The number of amides is 1. The van der Waals surface area contributed by atoms with Crippen LogP contribution in [0.4, 0.5) is 0 Å². The normalized spacial score (nSPS) is 25.1.